The first kappa shape index (κ1) is 24.5. The second-order valence-corrected chi connectivity index (χ2v) is 7.28. The quantitative estimate of drug-likeness (QED) is 0.324. The summed E-state index contributed by atoms with van der Waals surface area (Å²) in [5, 5.41) is 5.94. The molecule has 0 saturated carbocycles. The molecule has 1 atom stereocenters. The van der Waals surface area contributed by atoms with Gasteiger partial charge in [0.25, 0.3) is 0 Å². The molecule has 0 saturated heterocycles. The Bertz CT molecular complexity index is 612. The van der Waals surface area contributed by atoms with Gasteiger partial charge in [0.05, 0.1) is 12.6 Å². The zero-order chi connectivity index (χ0) is 19.0. The number of nitrogens with one attached hydrogen (secondary N) is 2. The first-order valence-corrected chi connectivity index (χ1v) is 8.74. The van der Waals surface area contributed by atoms with Crippen LogP contribution >= 0.6 is 24.0 Å². The van der Waals surface area contributed by atoms with Crippen molar-refractivity contribution < 1.29 is 9.53 Å². The number of rotatable bonds is 6. The van der Waals surface area contributed by atoms with Crippen LogP contribution in [0.15, 0.2) is 23.2 Å². The molecule has 0 fully saturated rings. The van der Waals surface area contributed by atoms with E-state index >= 15 is 0 Å². The van der Waals surface area contributed by atoms with E-state index in [2.05, 4.69) is 36.4 Å². The number of ether oxygens (including phenoxy) is 1. The summed E-state index contributed by atoms with van der Waals surface area (Å²) >= 11 is 0. The van der Waals surface area contributed by atoms with E-state index in [1.807, 2.05) is 39.0 Å². The maximum Gasteiger partial charge on any atom is 0.407 e. The van der Waals surface area contributed by atoms with Crippen molar-refractivity contribution in [2.75, 3.05) is 11.9 Å². The lowest BCUT2D eigenvalue weighted by Crippen LogP contribution is -2.41. The fraction of sp³-hybridized carbons (Fsp3) is 0.579. The molecule has 148 valence electrons. The lowest BCUT2D eigenvalue weighted by Gasteiger charge is -2.23. The van der Waals surface area contributed by atoms with Gasteiger partial charge < -0.3 is 21.1 Å². The van der Waals surface area contributed by atoms with E-state index in [-0.39, 0.29) is 30.0 Å². The number of nitrogens with zero attached hydrogens (tertiary/aromatic N) is 1. The lowest BCUT2D eigenvalue weighted by atomic mass is 10.1. The van der Waals surface area contributed by atoms with E-state index in [1.165, 1.54) is 11.1 Å². The number of aryl methyl sites for hydroxylation is 2. The van der Waals surface area contributed by atoms with Gasteiger partial charge in [0.1, 0.15) is 5.60 Å². The molecule has 1 rings (SSSR count). The zero-order valence-electron chi connectivity index (χ0n) is 16.7. The number of carbonyl (C=O) groups is 1. The molecule has 0 aliphatic carbocycles. The molecule has 1 aromatic rings. The fourth-order valence-corrected chi connectivity index (χ4v) is 2.25. The van der Waals surface area contributed by atoms with Gasteiger partial charge in [0, 0.05) is 5.69 Å². The zero-order valence-corrected chi connectivity index (χ0v) is 19.0. The van der Waals surface area contributed by atoms with Crippen LogP contribution in [-0.4, -0.2) is 30.2 Å². The van der Waals surface area contributed by atoms with Crippen LogP contribution in [0.3, 0.4) is 0 Å². The Morgan fingerprint density at radius 1 is 1.27 bits per heavy atom. The summed E-state index contributed by atoms with van der Waals surface area (Å²) in [4.78, 5) is 16.3. The van der Waals surface area contributed by atoms with Crippen molar-refractivity contribution in [3.63, 3.8) is 0 Å². The van der Waals surface area contributed by atoms with E-state index < -0.39 is 11.7 Å². The molecule has 6 nitrogen and oxygen atoms in total. The second kappa shape index (κ2) is 11.3. The number of amides is 1. The van der Waals surface area contributed by atoms with Crippen molar-refractivity contribution in [2.45, 2.75) is 66.0 Å². The van der Waals surface area contributed by atoms with E-state index in [0.29, 0.717) is 12.5 Å². The Kier molecular flexibility index (Phi) is 10.6. The van der Waals surface area contributed by atoms with Crippen LogP contribution in [0.1, 0.15) is 51.7 Å². The highest BCUT2D eigenvalue weighted by molar-refractivity contribution is 14.0. The minimum atomic E-state index is -0.520. The normalized spacial score (nSPS) is 12.8. The third-order valence-electron chi connectivity index (χ3n) is 3.62. The average molecular weight is 476 g/mol. The summed E-state index contributed by atoms with van der Waals surface area (Å²) in [6.07, 6.45) is 1.31. The Morgan fingerprint density at radius 3 is 2.46 bits per heavy atom. The molecular formula is C19H33IN4O2. The third kappa shape index (κ3) is 9.84. The van der Waals surface area contributed by atoms with Gasteiger partial charge >= 0.3 is 6.09 Å². The molecule has 7 heteroatoms. The van der Waals surface area contributed by atoms with Crippen LogP contribution in [0.5, 0.6) is 0 Å². The van der Waals surface area contributed by atoms with Gasteiger partial charge in [-0.2, -0.15) is 0 Å². The number of nitrogens with two attached hydrogens (primary N) is 1. The van der Waals surface area contributed by atoms with E-state index in [1.54, 1.807) is 0 Å². The number of anilines is 1. The van der Waals surface area contributed by atoms with Gasteiger partial charge in [-0.1, -0.05) is 19.4 Å². The number of aliphatic imine (C=N–C) groups is 1. The van der Waals surface area contributed by atoms with Crippen LogP contribution in [0, 0.1) is 13.8 Å². The Balaban J connectivity index is 0.00000625. The molecule has 1 aromatic carbocycles. The second-order valence-electron chi connectivity index (χ2n) is 7.28. The topological polar surface area (TPSA) is 88.7 Å². The van der Waals surface area contributed by atoms with Crippen molar-refractivity contribution in [3.05, 3.63) is 29.3 Å². The highest BCUT2D eigenvalue weighted by Crippen LogP contribution is 2.14. The Labute approximate surface area is 174 Å². The predicted octanol–water partition coefficient (Wildman–Crippen LogP) is 4.34. The van der Waals surface area contributed by atoms with Crippen molar-refractivity contribution in [1.82, 2.24) is 5.32 Å². The van der Waals surface area contributed by atoms with Crippen LogP contribution in [0.4, 0.5) is 10.5 Å². The summed E-state index contributed by atoms with van der Waals surface area (Å²) < 4.78 is 5.30. The summed E-state index contributed by atoms with van der Waals surface area (Å²) in [7, 11) is 0. The maximum atomic E-state index is 11.9. The predicted molar refractivity (Wildman–Crippen MR) is 120 cm³/mol. The molecule has 1 amide bonds. The van der Waals surface area contributed by atoms with Crippen molar-refractivity contribution in [1.29, 1.82) is 0 Å². The van der Waals surface area contributed by atoms with Crippen molar-refractivity contribution in [3.8, 4) is 0 Å². The van der Waals surface area contributed by atoms with E-state index in [9.17, 15) is 4.79 Å². The van der Waals surface area contributed by atoms with Crippen LogP contribution < -0.4 is 16.4 Å². The lowest BCUT2D eigenvalue weighted by molar-refractivity contribution is 0.0503. The number of benzene rings is 1. The molecule has 0 heterocycles. The molecule has 0 radical (unpaired) electrons. The van der Waals surface area contributed by atoms with Gasteiger partial charge in [-0.15, -0.1) is 24.0 Å². The SMILES string of the molecule is CCCC(CN=C(N)Nc1ccc(C)c(C)c1)NC(=O)OC(C)(C)C.I. The first-order chi connectivity index (χ1) is 11.6. The Morgan fingerprint density at radius 2 is 1.92 bits per heavy atom. The maximum absolute atomic E-state index is 11.9. The molecule has 0 spiro atoms. The van der Waals surface area contributed by atoms with Crippen LogP contribution in [0.2, 0.25) is 0 Å². The van der Waals surface area contributed by atoms with Crippen molar-refractivity contribution >= 4 is 41.7 Å². The minimum Gasteiger partial charge on any atom is -0.444 e. The van der Waals surface area contributed by atoms with Crippen LogP contribution in [0.25, 0.3) is 0 Å². The highest BCUT2D eigenvalue weighted by atomic mass is 127. The molecule has 1 unspecified atom stereocenters. The Hall–Kier alpha value is -1.51. The van der Waals surface area contributed by atoms with E-state index in [0.717, 1.165) is 18.5 Å². The summed E-state index contributed by atoms with van der Waals surface area (Å²) in [6, 6.07) is 5.92. The molecule has 0 aromatic heterocycles. The van der Waals surface area contributed by atoms with Gasteiger partial charge in [-0.3, -0.25) is 4.99 Å². The molecule has 4 N–H and O–H groups in total. The number of guanidine groups is 1. The monoisotopic (exact) mass is 476 g/mol. The molecule has 0 bridgehead atoms. The average Bonchev–Trinajstić information content (AvgIpc) is 2.47. The largest absolute Gasteiger partial charge is 0.444 e. The van der Waals surface area contributed by atoms with Gasteiger partial charge in [-0.05, 0) is 64.3 Å². The molecular weight excluding hydrogens is 443 g/mol. The number of alkyl carbamates (subject to hydrolysis) is 1. The number of hydrogen-bond donors (Lipinski definition) is 3. The minimum absolute atomic E-state index is 0. The van der Waals surface area contributed by atoms with Crippen LogP contribution in [-0.2, 0) is 4.74 Å². The molecule has 26 heavy (non-hydrogen) atoms. The van der Waals surface area contributed by atoms with Gasteiger partial charge in [0.2, 0.25) is 0 Å². The third-order valence-corrected chi connectivity index (χ3v) is 3.62. The van der Waals surface area contributed by atoms with Gasteiger partial charge in [0.15, 0.2) is 5.96 Å². The summed E-state index contributed by atoms with van der Waals surface area (Å²) in [5.41, 5.74) is 8.76. The number of hydrogen-bond acceptors (Lipinski definition) is 3. The summed E-state index contributed by atoms with van der Waals surface area (Å²) in [5.74, 6) is 0.329. The number of halogens is 1. The number of carbonyl (C=O) groups excluding carboxylic acids is 1. The standard InChI is InChI=1S/C19H32N4O2.HI/c1-7-8-16(23-18(24)25-19(4,5)6)12-21-17(20)22-15-10-9-13(2)14(3)11-15;/h9-11,16H,7-8,12H2,1-6H3,(H,23,24)(H3,20,21,22);1H. The van der Waals surface area contributed by atoms with Gasteiger partial charge in [-0.25, -0.2) is 4.79 Å². The first-order valence-electron chi connectivity index (χ1n) is 8.74. The molecule has 0 aliphatic rings. The van der Waals surface area contributed by atoms with Crippen molar-refractivity contribution in [2.24, 2.45) is 10.7 Å². The molecule has 0 aliphatic heterocycles. The fourth-order valence-electron chi connectivity index (χ4n) is 2.25. The highest BCUT2D eigenvalue weighted by Gasteiger charge is 2.19. The smallest absolute Gasteiger partial charge is 0.407 e. The summed E-state index contributed by atoms with van der Waals surface area (Å²) in [6.45, 7) is 12.1. The van der Waals surface area contributed by atoms with E-state index in [4.69, 9.17) is 10.5 Å².